The predicted molar refractivity (Wildman–Crippen MR) is 173 cm³/mol. The number of nitrogens with zero attached hydrogens (tertiary/aromatic N) is 4. The van der Waals surface area contributed by atoms with Gasteiger partial charge in [0, 0.05) is 46.6 Å². The molecular weight excluding hydrogens is 641 g/mol. The first-order chi connectivity index (χ1) is 21.9. The highest BCUT2D eigenvalue weighted by molar-refractivity contribution is 9.10. The summed E-state index contributed by atoms with van der Waals surface area (Å²) in [6.07, 6.45) is 0.156. The number of ether oxygens (including phenoxy) is 2. The average Bonchev–Trinajstić information content (AvgIpc) is 3.43. The quantitative estimate of drug-likeness (QED) is 0.0677. The minimum atomic E-state index is -1.50. The Morgan fingerprint density at radius 2 is 1.87 bits per heavy atom. The van der Waals surface area contributed by atoms with Gasteiger partial charge in [0.15, 0.2) is 11.6 Å². The number of carbonyl (C=O) groups is 1. The number of aliphatic imine (C=N–C) groups is 1. The monoisotopic (exact) mass is 671 g/mol. The number of hydrogen-bond donors (Lipinski definition) is 2. The van der Waals surface area contributed by atoms with Crippen molar-refractivity contribution in [2.45, 2.75) is 30.9 Å². The fraction of sp³-hybridized carbons (Fsp3) is 0.235. The van der Waals surface area contributed by atoms with Crippen molar-refractivity contribution in [3.8, 4) is 5.75 Å². The van der Waals surface area contributed by atoms with Crippen LogP contribution in [0, 0.1) is 5.82 Å². The van der Waals surface area contributed by atoms with Crippen LogP contribution in [0.5, 0.6) is 5.75 Å². The van der Waals surface area contributed by atoms with Crippen molar-refractivity contribution in [3.63, 3.8) is 0 Å². The molecule has 9 nitrogen and oxygen atoms in total. The molecule has 0 saturated heterocycles. The van der Waals surface area contributed by atoms with E-state index in [1.54, 1.807) is 54.6 Å². The summed E-state index contributed by atoms with van der Waals surface area (Å²) in [5.41, 5.74) is 10.9. The van der Waals surface area contributed by atoms with Crippen LogP contribution in [-0.2, 0) is 22.4 Å². The standard InChI is InChI=1S/C34H31BrFN5O4/c35-27-13-9-24(10-14-27)31-34(22-26-6-1-2-8-30(26)40-41-37,33(43)38-18-17-23-5-3-7-28(36)21-23)39-32(45-31)25-11-15-29(16-12-25)44-20-4-19-42/h1-3,5-16,21,31,42H,4,17-20,22H2,(H,38,43)/t31-,34-/m1/s1. The molecule has 230 valence electrons. The summed E-state index contributed by atoms with van der Waals surface area (Å²) in [6, 6.07) is 28.0. The van der Waals surface area contributed by atoms with E-state index in [-0.39, 0.29) is 37.2 Å². The van der Waals surface area contributed by atoms with E-state index in [2.05, 4.69) is 31.3 Å². The van der Waals surface area contributed by atoms with Crippen LogP contribution in [0.3, 0.4) is 0 Å². The number of aliphatic hydroxyl groups excluding tert-OH is 1. The normalized spacial score (nSPS) is 17.1. The third-order valence-corrected chi connectivity index (χ3v) is 7.92. The molecule has 0 bridgehead atoms. The van der Waals surface area contributed by atoms with Gasteiger partial charge in [0.05, 0.1) is 6.61 Å². The molecule has 0 aromatic heterocycles. The van der Waals surface area contributed by atoms with Crippen LogP contribution in [0.4, 0.5) is 10.1 Å². The number of halogens is 2. The van der Waals surface area contributed by atoms with Crippen molar-refractivity contribution in [1.29, 1.82) is 0 Å². The van der Waals surface area contributed by atoms with Crippen molar-refractivity contribution < 1.29 is 23.8 Å². The number of carbonyl (C=O) groups excluding carboxylic acids is 1. The van der Waals surface area contributed by atoms with Crippen molar-refractivity contribution in [2.24, 2.45) is 10.1 Å². The molecule has 0 saturated carbocycles. The number of hydrogen-bond acceptors (Lipinski definition) is 6. The Morgan fingerprint density at radius 3 is 2.60 bits per heavy atom. The second kappa shape index (κ2) is 14.9. The molecule has 0 unspecified atom stereocenters. The lowest BCUT2D eigenvalue weighted by Crippen LogP contribution is -2.50. The van der Waals surface area contributed by atoms with E-state index in [1.165, 1.54) is 12.1 Å². The first-order valence-corrected chi connectivity index (χ1v) is 15.2. The van der Waals surface area contributed by atoms with Gasteiger partial charge in [-0.3, -0.25) is 4.79 Å². The zero-order chi connectivity index (χ0) is 31.6. The van der Waals surface area contributed by atoms with Crippen LogP contribution < -0.4 is 10.1 Å². The molecule has 2 atom stereocenters. The SMILES string of the molecule is [N-]=[N+]=Nc1ccccc1C[C@@]1(C(=O)NCCc2cccc(F)c2)N=C(c2ccc(OCCCO)cc2)O[C@@H]1c1ccc(Br)cc1. The predicted octanol–water partition coefficient (Wildman–Crippen LogP) is 7.15. The molecule has 0 fully saturated rings. The maximum atomic E-state index is 14.4. The highest BCUT2D eigenvalue weighted by Gasteiger charge is 2.53. The molecule has 5 rings (SSSR count). The highest BCUT2D eigenvalue weighted by atomic mass is 79.9. The maximum Gasteiger partial charge on any atom is 0.252 e. The minimum absolute atomic E-state index is 0.0371. The summed E-state index contributed by atoms with van der Waals surface area (Å²) in [5.74, 6) is 0.163. The smallest absolute Gasteiger partial charge is 0.252 e. The number of nitrogens with one attached hydrogen (secondary N) is 1. The molecule has 0 radical (unpaired) electrons. The summed E-state index contributed by atoms with van der Waals surface area (Å²) < 4.78 is 26.9. The topological polar surface area (TPSA) is 129 Å². The Hall–Kier alpha value is -4.70. The molecule has 45 heavy (non-hydrogen) atoms. The van der Waals surface area contributed by atoms with E-state index in [0.29, 0.717) is 42.0 Å². The van der Waals surface area contributed by atoms with E-state index >= 15 is 0 Å². The van der Waals surface area contributed by atoms with E-state index in [9.17, 15) is 14.7 Å². The summed E-state index contributed by atoms with van der Waals surface area (Å²) >= 11 is 3.48. The van der Waals surface area contributed by atoms with E-state index < -0.39 is 11.6 Å². The molecule has 1 amide bonds. The Labute approximate surface area is 268 Å². The average molecular weight is 673 g/mol. The van der Waals surface area contributed by atoms with Gasteiger partial charge in [-0.2, -0.15) is 0 Å². The van der Waals surface area contributed by atoms with Crippen LogP contribution in [0.2, 0.25) is 0 Å². The molecule has 0 aliphatic carbocycles. The van der Waals surface area contributed by atoms with Crippen molar-refractivity contribution in [3.05, 3.63) is 140 Å². The first kappa shape index (κ1) is 31.7. The van der Waals surface area contributed by atoms with Crippen molar-refractivity contribution in [2.75, 3.05) is 19.8 Å². The van der Waals surface area contributed by atoms with E-state index in [1.807, 2.05) is 30.3 Å². The second-order valence-electron chi connectivity index (χ2n) is 10.5. The van der Waals surface area contributed by atoms with E-state index in [0.717, 1.165) is 15.6 Å². The molecular formula is C34H31BrFN5O4. The number of benzene rings is 4. The summed E-state index contributed by atoms with van der Waals surface area (Å²) in [6.45, 7) is 0.650. The summed E-state index contributed by atoms with van der Waals surface area (Å²) in [5, 5.41) is 15.9. The lowest BCUT2D eigenvalue weighted by atomic mass is 9.81. The lowest BCUT2D eigenvalue weighted by molar-refractivity contribution is -0.128. The fourth-order valence-electron chi connectivity index (χ4n) is 5.18. The molecule has 1 aliphatic heterocycles. The highest BCUT2D eigenvalue weighted by Crippen LogP contribution is 2.44. The van der Waals surface area contributed by atoms with Gasteiger partial charge in [-0.05, 0) is 77.2 Å². The molecule has 1 aliphatic rings. The summed E-state index contributed by atoms with van der Waals surface area (Å²) in [4.78, 5) is 22.4. The molecule has 4 aromatic rings. The van der Waals surface area contributed by atoms with Crippen LogP contribution in [0.15, 0.2) is 112 Å². The summed E-state index contributed by atoms with van der Waals surface area (Å²) in [7, 11) is 0. The van der Waals surface area contributed by atoms with Gasteiger partial charge in [0.2, 0.25) is 5.90 Å². The van der Waals surface area contributed by atoms with Crippen LogP contribution >= 0.6 is 15.9 Å². The Bertz CT molecular complexity index is 1710. The molecule has 11 heteroatoms. The second-order valence-corrected chi connectivity index (χ2v) is 11.4. The molecule has 1 heterocycles. The minimum Gasteiger partial charge on any atom is -0.494 e. The van der Waals surface area contributed by atoms with Gasteiger partial charge < -0.3 is 19.9 Å². The van der Waals surface area contributed by atoms with Crippen molar-refractivity contribution >= 4 is 33.4 Å². The fourth-order valence-corrected chi connectivity index (χ4v) is 5.45. The van der Waals surface area contributed by atoms with Gasteiger partial charge in [-0.25, -0.2) is 9.38 Å². The first-order valence-electron chi connectivity index (χ1n) is 14.4. The maximum absolute atomic E-state index is 14.4. The molecule has 4 aromatic carbocycles. The van der Waals surface area contributed by atoms with Crippen LogP contribution in [0.1, 0.15) is 34.8 Å². The number of rotatable bonds is 13. The third-order valence-electron chi connectivity index (χ3n) is 7.39. The van der Waals surface area contributed by atoms with Crippen LogP contribution in [-0.4, -0.2) is 42.2 Å². The number of azide groups is 1. The van der Waals surface area contributed by atoms with Gasteiger partial charge in [0.25, 0.3) is 5.91 Å². The largest absolute Gasteiger partial charge is 0.494 e. The van der Waals surface area contributed by atoms with Gasteiger partial charge >= 0.3 is 0 Å². The van der Waals surface area contributed by atoms with Gasteiger partial charge in [-0.1, -0.05) is 69.6 Å². The van der Waals surface area contributed by atoms with Crippen molar-refractivity contribution in [1.82, 2.24) is 5.32 Å². The Balaban J connectivity index is 1.55. The number of aliphatic hydroxyl groups is 1. The molecule has 2 N–H and O–H groups in total. The zero-order valence-electron chi connectivity index (χ0n) is 24.3. The Kier molecular flexibility index (Phi) is 10.5. The lowest BCUT2D eigenvalue weighted by Gasteiger charge is -2.31. The van der Waals surface area contributed by atoms with E-state index in [4.69, 9.17) is 19.6 Å². The number of amides is 1. The molecule has 0 spiro atoms. The zero-order valence-corrected chi connectivity index (χ0v) is 25.9. The van der Waals surface area contributed by atoms with Gasteiger partial charge in [0.1, 0.15) is 11.6 Å². The Morgan fingerprint density at radius 1 is 1.09 bits per heavy atom. The third kappa shape index (κ3) is 7.69. The van der Waals surface area contributed by atoms with Crippen LogP contribution in [0.25, 0.3) is 10.4 Å². The van der Waals surface area contributed by atoms with Gasteiger partial charge in [-0.15, -0.1) is 0 Å².